The summed E-state index contributed by atoms with van der Waals surface area (Å²) in [6.45, 7) is 0.671. The van der Waals surface area contributed by atoms with Gasteiger partial charge in [-0.25, -0.2) is 4.98 Å². The first kappa shape index (κ1) is 18.3. The Morgan fingerprint density at radius 2 is 2.00 bits per heavy atom. The molecule has 3 heterocycles. The van der Waals surface area contributed by atoms with Crippen LogP contribution in [0.1, 0.15) is 37.9 Å². The summed E-state index contributed by atoms with van der Waals surface area (Å²) in [6, 6.07) is 1.33. The standard InChI is InChI=1S/C14H22N4O.2ClH/c19-14(17-4-3-13-15-5-6-16-13)9-10-7-11-1-2-12(8-10)18-11;;/h5-6,10-12,18H,1-4,7-9H2,(H,15,16)(H,17,19);2*1H. The molecular weight excluding hydrogens is 311 g/mol. The fourth-order valence-corrected chi connectivity index (χ4v) is 3.43. The molecule has 0 aliphatic carbocycles. The Labute approximate surface area is 137 Å². The molecule has 1 amide bonds. The molecule has 7 heteroatoms. The average molecular weight is 335 g/mol. The molecule has 2 aliphatic rings. The van der Waals surface area contributed by atoms with Crippen LogP contribution in [0.4, 0.5) is 0 Å². The Morgan fingerprint density at radius 1 is 1.29 bits per heavy atom. The summed E-state index contributed by atoms with van der Waals surface area (Å²) in [7, 11) is 0. The monoisotopic (exact) mass is 334 g/mol. The van der Waals surface area contributed by atoms with Crippen molar-refractivity contribution < 1.29 is 4.79 Å². The number of aromatic nitrogens is 2. The maximum atomic E-state index is 11.9. The number of halogens is 2. The van der Waals surface area contributed by atoms with E-state index in [4.69, 9.17) is 0 Å². The fourth-order valence-electron chi connectivity index (χ4n) is 3.43. The minimum Gasteiger partial charge on any atom is -0.356 e. The van der Waals surface area contributed by atoms with E-state index in [-0.39, 0.29) is 30.7 Å². The fraction of sp³-hybridized carbons (Fsp3) is 0.714. The van der Waals surface area contributed by atoms with Crippen molar-refractivity contribution in [3.8, 4) is 0 Å². The number of amides is 1. The highest BCUT2D eigenvalue weighted by molar-refractivity contribution is 5.85. The van der Waals surface area contributed by atoms with Crippen LogP contribution in [0.2, 0.25) is 0 Å². The lowest BCUT2D eigenvalue weighted by atomic mass is 9.89. The van der Waals surface area contributed by atoms with Crippen LogP contribution in [0.3, 0.4) is 0 Å². The number of rotatable bonds is 5. The molecule has 2 aliphatic heterocycles. The first-order chi connectivity index (χ1) is 9.29. The molecule has 0 saturated carbocycles. The third kappa shape index (κ3) is 5.16. The van der Waals surface area contributed by atoms with Gasteiger partial charge < -0.3 is 15.6 Å². The summed E-state index contributed by atoms with van der Waals surface area (Å²) in [5, 5.41) is 6.61. The van der Waals surface area contributed by atoms with E-state index < -0.39 is 0 Å². The molecule has 2 bridgehead atoms. The predicted molar refractivity (Wildman–Crippen MR) is 87.1 cm³/mol. The van der Waals surface area contributed by atoms with Gasteiger partial charge in [-0.3, -0.25) is 4.79 Å². The van der Waals surface area contributed by atoms with E-state index in [0.29, 0.717) is 31.0 Å². The third-order valence-corrected chi connectivity index (χ3v) is 4.28. The Hall–Kier alpha value is -0.780. The summed E-state index contributed by atoms with van der Waals surface area (Å²) in [5.41, 5.74) is 0. The van der Waals surface area contributed by atoms with Crippen molar-refractivity contribution in [1.82, 2.24) is 20.6 Å². The van der Waals surface area contributed by atoms with Crippen molar-refractivity contribution in [3.63, 3.8) is 0 Å². The summed E-state index contributed by atoms with van der Waals surface area (Å²) in [4.78, 5) is 19.1. The Bertz CT molecular complexity index is 415. The van der Waals surface area contributed by atoms with Gasteiger partial charge in [0.1, 0.15) is 5.82 Å². The zero-order valence-electron chi connectivity index (χ0n) is 12.0. The van der Waals surface area contributed by atoms with Crippen LogP contribution in [0.5, 0.6) is 0 Å². The smallest absolute Gasteiger partial charge is 0.220 e. The second kappa shape index (κ2) is 8.61. The van der Waals surface area contributed by atoms with Crippen molar-refractivity contribution in [2.75, 3.05) is 6.54 Å². The molecule has 2 unspecified atom stereocenters. The van der Waals surface area contributed by atoms with Crippen LogP contribution in [0.25, 0.3) is 0 Å². The zero-order chi connectivity index (χ0) is 13.1. The van der Waals surface area contributed by atoms with Gasteiger partial charge in [0, 0.05) is 43.9 Å². The van der Waals surface area contributed by atoms with Gasteiger partial charge in [-0.15, -0.1) is 24.8 Å². The highest BCUT2D eigenvalue weighted by atomic mass is 35.5. The van der Waals surface area contributed by atoms with Crippen LogP contribution in [0, 0.1) is 5.92 Å². The molecule has 2 atom stereocenters. The Balaban J connectivity index is 0.00000110. The first-order valence-corrected chi connectivity index (χ1v) is 7.30. The van der Waals surface area contributed by atoms with E-state index in [1.54, 1.807) is 6.20 Å². The molecular formula is C14H24Cl2N4O. The molecule has 5 nitrogen and oxygen atoms in total. The number of piperidine rings is 1. The lowest BCUT2D eigenvalue weighted by Gasteiger charge is -2.28. The molecule has 3 rings (SSSR count). The molecule has 1 aromatic heterocycles. The van der Waals surface area contributed by atoms with Crippen LogP contribution in [-0.4, -0.2) is 34.5 Å². The van der Waals surface area contributed by atoms with Crippen molar-refractivity contribution in [3.05, 3.63) is 18.2 Å². The molecule has 2 fully saturated rings. The van der Waals surface area contributed by atoms with Crippen molar-refractivity contribution in [1.29, 1.82) is 0 Å². The van der Waals surface area contributed by atoms with Gasteiger partial charge in [0.15, 0.2) is 0 Å². The molecule has 0 spiro atoms. The number of hydrogen-bond donors (Lipinski definition) is 3. The molecule has 3 N–H and O–H groups in total. The van der Waals surface area contributed by atoms with Crippen molar-refractivity contribution in [2.24, 2.45) is 5.92 Å². The maximum Gasteiger partial charge on any atom is 0.220 e. The molecule has 0 aromatic carbocycles. The van der Waals surface area contributed by atoms with Gasteiger partial charge in [-0.05, 0) is 31.6 Å². The largest absolute Gasteiger partial charge is 0.356 e. The van der Waals surface area contributed by atoms with E-state index >= 15 is 0 Å². The van der Waals surface area contributed by atoms with Crippen molar-refractivity contribution >= 4 is 30.7 Å². The summed E-state index contributed by atoms with van der Waals surface area (Å²) in [5.74, 6) is 1.69. The second-order valence-electron chi connectivity index (χ2n) is 5.82. The van der Waals surface area contributed by atoms with Crippen LogP contribution in [-0.2, 0) is 11.2 Å². The number of fused-ring (bicyclic) bond motifs is 2. The number of H-pyrrole nitrogens is 1. The molecule has 2 saturated heterocycles. The molecule has 1 aromatic rings. The highest BCUT2D eigenvalue weighted by Crippen LogP contribution is 2.32. The maximum absolute atomic E-state index is 11.9. The number of aromatic amines is 1. The quantitative estimate of drug-likeness (QED) is 0.769. The average Bonchev–Trinajstić information content (AvgIpc) is 2.99. The zero-order valence-corrected chi connectivity index (χ0v) is 13.6. The van der Waals surface area contributed by atoms with Crippen LogP contribution >= 0.6 is 24.8 Å². The second-order valence-corrected chi connectivity index (χ2v) is 5.82. The molecule has 21 heavy (non-hydrogen) atoms. The third-order valence-electron chi connectivity index (χ3n) is 4.28. The highest BCUT2D eigenvalue weighted by Gasteiger charge is 2.33. The van der Waals surface area contributed by atoms with Crippen LogP contribution < -0.4 is 10.6 Å². The number of nitrogens with zero attached hydrogens (tertiary/aromatic N) is 1. The number of imidazole rings is 1. The van der Waals surface area contributed by atoms with Crippen LogP contribution in [0.15, 0.2) is 12.4 Å². The summed E-state index contributed by atoms with van der Waals surface area (Å²) in [6.07, 6.45) is 9.93. The lowest BCUT2D eigenvalue weighted by Crippen LogP contribution is -2.39. The van der Waals surface area contributed by atoms with Crippen molar-refractivity contribution in [2.45, 2.75) is 50.6 Å². The Morgan fingerprint density at radius 3 is 2.62 bits per heavy atom. The van der Waals surface area contributed by atoms with E-state index in [9.17, 15) is 4.79 Å². The predicted octanol–water partition coefficient (Wildman–Crippen LogP) is 1.83. The van der Waals surface area contributed by atoms with Gasteiger partial charge in [0.25, 0.3) is 0 Å². The van der Waals surface area contributed by atoms with E-state index in [1.807, 2.05) is 6.20 Å². The molecule has 0 radical (unpaired) electrons. The van der Waals surface area contributed by atoms with Gasteiger partial charge in [0.05, 0.1) is 0 Å². The SMILES string of the molecule is Cl.Cl.O=C(CC1CC2CCC(C1)N2)NCCc1ncc[nH]1. The van der Waals surface area contributed by atoms with Gasteiger partial charge in [-0.1, -0.05) is 0 Å². The van der Waals surface area contributed by atoms with E-state index in [0.717, 1.165) is 12.2 Å². The topological polar surface area (TPSA) is 69.8 Å². The summed E-state index contributed by atoms with van der Waals surface area (Å²) < 4.78 is 0. The van der Waals surface area contributed by atoms with Gasteiger partial charge in [0.2, 0.25) is 5.91 Å². The number of nitrogens with one attached hydrogen (secondary N) is 3. The summed E-state index contributed by atoms with van der Waals surface area (Å²) >= 11 is 0. The lowest BCUT2D eigenvalue weighted by molar-refractivity contribution is -0.122. The Kier molecular flexibility index (Phi) is 7.49. The minimum atomic E-state index is 0. The minimum absolute atomic E-state index is 0. The van der Waals surface area contributed by atoms with Gasteiger partial charge in [-0.2, -0.15) is 0 Å². The molecule has 120 valence electrons. The van der Waals surface area contributed by atoms with E-state index in [2.05, 4.69) is 20.6 Å². The number of carbonyl (C=O) groups is 1. The van der Waals surface area contributed by atoms with Gasteiger partial charge >= 0.3 is 0 Å². The number of carbonyl (C=O) groups excluding carboxylic acids is 1. The number of hydrogen-bond acceptors (Lipinski definition) is 3. The first-order valence-electron chi connectivity index (χ1n) is 7.30. The van der Waals surface area contributed by atoms with E-state index in [1.165, 1.54) is 25.7 Å². The normalized spacial score (nSPS) is 26.6.